The molecule has 70 valence electrons. The quantitative estimate of drug-likeness (QED) is 0.626. The van der Waals surface area contributed by atoms with Crippen LogP contribution in [0.4, 0.5) is 0 Å². The van der Waals surface area contributed by atoms with Gasteiger partial charge in [0, 0.05) is 5.25 Å². The molecule has 0 aliphatic carbocycles. The molecule has 1 heterocycles. The Morgan fingerprint density at radius 3 is 2.08 bits per heavy atom. The van der Waals surface area contributed by atoms with Crippen molar-refractivity contribution in [1.29, 1.82) is 0 Å². The summed E-state index contributed by atoms with van der Waals surface area (Å²) in [5.41, 5.74) is 0. The minimum Gasteiger partial charge on any atom is -0.127 e. The predicted molar refractivity (Wildman–Crippen MR) is 58.3 cm³/mol. The Labute approximate surface area is 80.8 Å². The van der Waals surface area contributed by atoms with Crippen molar-refractivity contribution < 1.29 is 0 Å². The Bertz CT molecular complexity index is 179. The van der Waals surface area contributed by atoms with Crippen LogP contribution in [0.5, 0.6) is 0 Å². The fourth-order valence-electron chi connectivity index (χ4n) is 1.85. The third kappa shape index (κ3) is 2.07. The van der Waals surface area contributed by atoms with E-state index >= 15 is 0 Å². The summed E-state index contributed by atoms with van der Waals surface area (Å²) >= 11 is 2.07. The minimum atomic E-state index is 0.794. The third-order valence-electron chi connectivity index (χ3n) is 2.56. The molecule has 0 aromatic heterocycles. The van der Waals surface area contributed by atoms with Gasteiger partial charge in [-0.15, -0.1) is 11.8 Å². The topological polar surface area (TPSA) is 0 Å². The molecule has 1 aliphatic rings. The maximum Gasteiger partial charge on any atom is 0.0180 e. The van der Waals surface area contributed by atoms with E-state index in [2.05, 4.69) is 52.5 Å². The van der Waals surface area contributed by atoms with E-state index in [0.29, 0.717) is 0 Å². The molecule has 0 spiro atoms. The summed E-state index contributed by atoms with van der Waals surface area (Å²) in [4.78, 5) is 1.52. The van der Waals surface area contributed by atoms with Gasteiger partial charge < -0.3 is 0 Å². The van der Waals surface area contributed by atoms with Gasteiger partial charge in [-0.1, -0.05) is 33.8 Å². The zero-order valence-corrected chi connectivity index (χ0v) is 9.61. The molecule has 1 rings (SSSR count). The van der Waals surface area contributed by atoms with E-state index in [4.69, 9.17) is 0 Å². The van der Waals surface area contributed by atoms with Crippen LogP contribution in [0.3, 0.4) is 0 Å². The van der Waals surface area contributed by atoms with E-state index in [1.54, 1.807) is 0 Å². The molecule has 2 atom stereocenters. The van der Waals surface area contributed by atoms with Crippen LogP contribution in [-0.2, 0) is 0 Å². The summed E-state index contributed by atoms with van der Waals surface area (Å²) in [6, 6.07) is 0. The van der Waals surface area contributed by atoms with Crippen molar-refractivity contribution in [3.05, 3.63) is 11.0 Å². The van der Waals surface area contributed by atoms with Crippen LogP contribution in [0.15, 0.2) is 11.0 Å². The molecule has 0 aromatic carbocycles. The summed E-state index contributed by atoms with van der Waals surface area (Å²) in [6.45, 7) is 11.6. The van der Waals surface area contributed by atoms with Crippen LogP contribution < -0.4 is 0 Å². The van der Waals surface area contributed by atoms with Crippen LogP contribution in [0, 0.1) is 17.8 Å². The third-order valence-corrected chi connectivity index (χ3v) is 4.19. The van der Waals surface area contributed by atoms with Crippen molar-refractivity contribution in [3.63, 3.8) is 0 Å². The fourth-order valence-corrected chi connectivity index (χ4v) is 3.34. The molecule has 0 radical (unpaired) electrons. The van der Waals surface area contributed by atoms with Crippen molar-refractivity contribution >= 4 is 11.8 Å². The average molecular weight is 184 g/mol. The summed E-state index contributed by atoms with van der Waals surface area (Å²) in [6.07, 6.45) is 2.46. The zero-order valence-electron chi connectivity index (χ0n) is 8.79. The Kier molecular flexibility index (Phi) is 3.28. The smallest absolute Gasteiger partial charge is 0.0180 e. The first kappa shape index (κ1) is 10.2. The van der Waals surface area contributed by atoms with Crippen molar-refractivity contribution in [2.45, 2.75) is 39.9 Å². The summed E-state index contributed by atoms with van der Waals surface area (Å²) in [7, 11) is 0. The largest absolute Gasteiger partial charge is 0.127 e. The Hall–Kier alpha value is 0.0900. The lowest BCUT2D eigenvalue weighted by atomic mass is 9.87. The van der Waals surface area contributed by atoms with Crippen LogP contribution in [0.1, 0.15) is 34.6 Å². The molecule has 0 aromatic rings. The average Bonchev–Trinajstić information content (AvgIpc) is 2.31. The Morgan fingerprint density at radius 2 is 1.75 bits per heavy atom. The standard InChI is InChI=1S/C11H20S/c1-7(2)10-6-9(5)12-11(10)8(3)4/h6-8,10-11H,1-5H3. The van der Waals surface area contributed by atoms with Crippen molar-refractivity contribution in [2.75, 3.05) is 0 Å². The predicted octanol–water partition coefficient (Wildman–Crippen LogP) is 3.93. The molecule has 0 saturated carbocycles. The first-order chi connectivity index (χ1) is 5.52. The molecule has 0 N–H and O–H groups in total. The highest BCUT2D eigenvalue weighted by Gasteiger charge is 2.30. The first-order valence-electron chi connectivity index (χ1n) is 4.87. The number of thioether (sulfide) groups is 1. The van der Waals surface area contributed by atoms with Gasteiger partial charge in [0.15, 0.2) is 0 Å². The molecule has 0 amide bonds. The van der Waals surface area contributed by atoms with E-state index in [-0.39, 0.29) is 0 Å². The van der Waals surface area contributed by atoms with Gasteiger partial charge in [-0.3, -0.25) is 0 Å². The molecule has 12 heavy (non-hydrogen) atoms. The molecule has 0 fully saturated rings. The zero-order chi connectivity index (χ0) is 9.30. The first-order valence-corrected chi connectivity index (χ1v) is 5.75. The molecule has 2 unspecified atom stereocenters. The molecule has 0 bridgehead atoms. The van der Waals surface area contributed by atoms with Gasteiger partial charge in [0.1, 0.15) is 0 Å². The van der Waals surface area contributed by atoms with Gasteiger partial charge in [-0.05, 0) is 29.6 Å². The Morgan fingerprint density at radius 1 is 1.17 bits per heavy atom. The van der Waals surface area contributed by atoms with Crippen molar-refractivity contribution in [2.24, 2.45) is 17.8 Å². The number of rotatable bonds is 2. The molecular formula is C11H20S. The van der Waals surface area contributed by atoms with Crippen LogP contribution in [-0.4, -0.2) is 5.25 Å². The van der Waals surface area contributed by atoms with E-state index in [0.717, 1.165) is 23.0 Å². The summed E-state index contributed by atoms with van der Waals surface area (Å²) < 4.78 is 0. The maximum atomic E-state index is 2.46. The van der Waals surface area contributed by atoms with Gasteiger partial charge in [-0.25, -0.2) is 0 Å². The molecular weight excluding hydrogens is 164 g/mol. The van der Waals surface area contributed by atoms with Gasteiger partial charge in [0.05, 0.1) is 0 Å². The van der Waals surface area contributed by atoms with Gasteiger partial charge in [0.2, 0.25) is 0 Å². The second kappa shape index (κ2) is 3.87. The van der Waals surface area contributed by atoms with Crippen molar-refractivity contribution in [1.82, 2.24) is 0 Å². The Balaban J connectivity index is 2.68. The summed E-state index contributed by atoms with van der Waals surface area (Å²) in [5.74, 6) is 2.40. The van der Waals surface area contributed by atoms with E-state index in [9.17, 15) is 0 Å². The van der Waals surface area contributed by atoms with Gasteiger partial charge in [-0.2, -0.15) is 0 Å². The molecule has 0 nitrogen and oxygen atoms in total. The normalized spacial score (nSPS) is 30.1. The van der Waals surface area contributed by atoms with E-state index < -0.39 is 0 Å². The molecule has 1 aliphatic heterocycles. The van der Waals surface area contributed by atoms with E-state index in [1.165, 1.54) is 4.91 Å². The fraction of sp³-hybridized carbons (Fsp3) is 0.818. The monoisotopic (exact) mass is 184 g/mol. The minimum absolute atomic E-state index is 0.794. The van der Waals surface area contributed by atoms with E-state index in [1.807, 2.05) is 0 Å². The maximum absolute atomic E-state index is 2.46. The highest BCUT2D eigenvalue weighted by Crippen LogP contribution is 2.43. The lowest BCUT2D eigenvalue weighted by Crippen LogP contribution is -2.22. The van der Waals surface area contributed by atoms with Crippen molar-refractivity contribution in [3.8, 4) is 0 Å². The molecule has 0 saturated heterocycles. The number of hydrogen-bond acceptors (Lipinski definition) is 1. The second-order valence-electron chi connectivity index (χ2n) is 4.43. The number of allylic oxidation sites excluding steroid dienone is 2. The van der Waals surface area contributed by atoms with Crippen LogP contribution in [0.25, 0.3) is 0 Å². The lowest BCUT2D eigenvalue weighted by Gasteiger charge is -2.24. The highest BCUT2D eigenvalue weighted by atomic mass is 32.2. The van der Waals surface area contributed by atoms with Crippen LogP contribution in [0.2, 0.25) is 0 Å². The summed E-state index contributed by atoms with van der Waals surface area (Å²) in [5, 5.41) is 0.824. The molecule has 1 heteroatoms. The highest BCUT2D eigenvalue weighted by molar-refractivity contribution is 8.03. The van der Waals surface area contributed by atoms with Gasteiger partial charge >= 0.3 is 0 Å². The SMILES string of the molecule is CC1=CC(C(C)C)C(C(C)C)S1. The second-order valence-corrected chi connectivity index (χ2v) is 5.85. The van der Waals surface area contributed by atoms with Crippen LogP contribution >= 0.6 is 11.8 Å². The lowest BCUT2D eigenvalue weighted by molar-refractivity contribution is 0.399. The number of hydrogen-bond donors (Lipinski definition) is 0. The van der Waals surface area contributed by atoms with Gasteiger partial charge in [0.25, 0.3) is 0 Å².